The number of benzene rings is 2. The van der Waals surface area contributed by atoms with Crippen molar-refractivity contribution in [3.05, 3.63) is 52.7 Å². The molecule has 112 valence electrons. The van der Waals surface area contributed by atoms with Crippen molar-refractivity contribution in [2.45, 2.75) is 0 Å². The van der Waals surface area contributed by atoms with E-state index in [0.717, 1.165) is 12.1 Å². The number of carbonyl (C=O) groups is 2. The zero-order chi connectivity index (χ0) is 16.1. The SMILES string of the molecule is O=C(O)c1cccc2c1[N+]([O-])(O)c1c(cccc1C(=O)O)O2. The van der Waals surface area contributed by atoms with E-state index in [1.54, 1.807) is 0 Å². The Bertz CT molecular complexity index is 747. The molecule has 0 unspecified atom stereocenters. The molecule has 0 atom stereocenters. The Balaban J connectivity index is 2.36. The van der Waals surface area contributed by atoms with Gasteiger partial charge in [0.1, 0.15) is 11.1 Å². The van der Waals surface area contributed by atoms with Crippen molar-refractivity contribution in [1.29, 1.82) is 0 Å². The summed E-state index contributed by atoms with van der Waals surface area (Å²) in [6, 6.07) is 7.60. The normalized spacial score (nSPS) is 14.5. The minimum Gasteiger partial charge on any atom is -0.588 e. The van der Waals surface area contributed by atoms with Gasteiger partial charge in [0.25, 0.3) is 0 Å². The number of carboxylic acids is 2. The van der Waals surface area contributed by atoms with E-state index in [2.05, 4.69) is 0 Å². The van der Waals surface area contributed by atoms with Gasteiger partial charge in [0.15, 0.2) is 11.5 Å². The zero-order valence-corrected chi connectivity index (χ0v) is 10.9. The fourth-order valence-electron chi connectivity index (χ4n) is 2.41. The van der Waals surface area contributed by atoms with E-state index in [9.17, 15) is 20.0 Å². The molecule has 0 radical (unpaired) electrons. The van der Waals surface area contributed by atoms with Gasteiger partial charge < -0.3 is 20.2 Å². The summed E-state index contributed by atoms with van der Waals surface area (Å²) in [6.45, 7) is 0. The average molecular weight is 303 g/mol. The number of hydrogen-bond donors (Lipinski definition) is 3. The van der Waals surface area contributed by atoms with Crippen LogP contribution in [0.25, 0.3) is 0 Å². The quantitative estimate of drug-likeness (QED) is 0.574. The van der Waals surface area contributed by atoms with Gasteiger partial charge in [0, 0.05) is 0 Å². The van der Waals surface area contributed by atoms with Gasteiger partial charge in [-0.1, -0.05) is 12.1 Å². The minimum atomic E-state index is -2.27. The number of hydrogen-bond acceptors (Lipinski definition) is 5. The maximum Gasteiger partial charge on any atom is 0.342 e. The third-order valence-electron chi connectivity index (χ3n) is 3.28. The Morgan fingerprint density at radius 3 is 1.68 bits per heavy atom. The molecule has 0 saturated heterocycles. The molecular formula is C14H9NO7. The number of rotatable bonds is 2. The summed E-state index contributed by atoms with van der Waals surface area (Å²) in [5.74, 6) is -3.17. The molecule has 0 aliphatic carbocycles. The molecule has 0 bridgehead atoms. The fraction of sp³-hybridized carbons (Fsp3) is 0. The number of carboxylic acid groups (broad SMARTS) is 2. The second-order valence-electron chi connectivity index (χ2n) is 4.59. The van der Waals surface area contributed by atoms with Crippen molar-refractivity contribution in [2.75, 3.05) is 0 Å². The first-order chi connectivity index (χ1) is 10.3. The van der Waals surface area contributed by atoms with Crippen molar-refractivity contribution in [3.63, 3.8) is 0 Å². The maximum atomic E-state index is 12.7. The molecule has 3 rings (SSSR count). The third-order valence-corrected chi connectivity index (χ3v) is 3.28. The van der Waals surface area contributed by atoms with E-state index in [1.807, 2.05) is 0 Å². The van der Waals surface area contributed by atoms with Crippen LogP contribution >= 0.6 is 0 Å². The van der Waals surface area contributed by atoms with E-state index >= 15 is 0 Å². The summed E-state index contributed by atoms with van der Waals surface area (Å²) < 4.78 is 5.39. The van der Waals surface area contributed by atoms with Crippen LogP contribution in [0.1, 0.15) is 20.7 Å². The van der Waals surface area contributed by atoms with Crippen LogP contribution in [-0.2, 0) is 0 Å². The van der Waals surface area contributed by atoms with E-state index in [1.165, 1.54) is 24.3 Å². The molecule has 22 heavy (non-hydrogen) atoms. The van der Waals surface area contributed by atoms with Crippen molar-refractivity contribution >= 4 is 23.3 Å². The molecule has 0 aromatic heterocycles. The van der Waals surface area contributed by atoms with Gasteiger partial charge in [-0.05, 0) is 24.3 Å². The Morgan fingerprint density at radius 2 is 1.32 bits per heavy atom. The molecule has 0 amide bonds. The smallest absolute Gasteiger partial charge is 0.342 e. The fourth-order valence-corrected chi connectivity index (χ4v) is 2.41. The van der Waals surface area contributed by atoms with Gasteiger partial charge in [-0.15, -0.1) is 4.81 Å². The summed E-state index contributed by atoms with van der Waals surface area (Å²) in [4.78, 5) is 20.3. The molecule has 0 fully saturated rings. The Labute approximate surface area is 123 Å². The van der Waals surface area contributed by atoms with Gasteiger partial charge in [0.05, 0.1) is 0 Å². The predicted octanol–water partition coefficient (Wildman–Crippen LogP) is 2.71. The highest BCUT2D eigenvalue weighted by molar-refractivity contribution is 6.01. The standard InChI is InChI=1S/C14H9NO7/c16-13(17)7-3-1-5-9-11(7)15(20,21)12-8(14(18)19)4-2-6-10(12)22-9/h1-6,20H,(H,16,17)(H,18,19). The number of ether oxygens (including phenoxy) is 1. The van der Waals surface area contributed by atoms with Gasteiger partial charge >= 0.3 is 11.9 Å². The van der Waals surface area contributed by atoms with Crippen molar-refractivity contribution in [2.24, 2.45) is 0 Å². The van der Waals surface area contributed by atoms with Gasteiger partial charge in [0.2, 0.25) is 11.4 Å². The molecule has 3 N–H and O–H groups in total. The highest BCUT2D eigenvalue weighted by Crippen LogP contribution is 2.52. The summed E-state index contributed by atoms with van der Waals surface area (Å²) >= 11 is 0. The molecule has 2 aromatic rings. The summed E-state index contributed by atoms with van der Waals surface area (Å²) in [6.07, 6.45) is 0. The molecule has 0 spiro atoms. The van der Waals surface area contributed by atoms with Crippen molar-refractivity contribution < 1.29 is 29.7 Å². The summed E-state index contributed by atoms with van der Waals surface area (Å²) in [5.41, 5.74) is -2.09. The lowest BCUT2D eigenvalue weighted by Crippen LogP contribution is -2.38. The van der Waals surface area contributed by atoms with E-state index in [0.29, 0.717) is 0 Å². The highest BCUT2D eigenvalue weighted by Gasteiger charge is 2.42. The first-order valence-corrected chi connectivity index (χ1v) is 6.08. The van der Waals surface area contributed by atoms with Crippen LogP contribution in [-0.4, -0.2) is 27.4 Å². The first-order valence-electron chi connectivity index (χ1n) is 6.08. The lowest BCUT2D eigenvalue weighted by atomic mass is 10.1. The molecule has 2 aromatic carbocycles. The van der Waals surface area contributed by atoms with Crippen LogP contribution in [0, 0.1) is 5.21 Å². The van der Waals surface area contributed by atoms with Gasteiger partial charge in [-0.3, -0.25) is 0 Å². The zero-order valence-electron chi connectivity index (χ0n) is 10.9. The Morgan fingerprint density at radius 1 is 0.909 bits per heavy atom. The number of fused-ring (bicyclic) bond motifs is 2. The molecule has 8 nitrogen and oxygen atoms in total. The topological polar surface area (TPSA) is 127 Å². The van der Waals surface area contributed by atoms with Crippen molar-refractivity contribution in [1.82, 2.24) is 4.81 Å². The number of aromatic carboxylic acids is 2. The molecule has 8 heteroatoms. The highest BCUT2D eigenvalue weighted by atomic mass is 16.8. The Kier molecular flexibility index (Phi) is 2.89. The van der Waals surface area contributed by atoms with Crippen LogP contribution in [0.3, 0.4) is 0 Å². The summed E-state index contributed by atoms with van der Waals surface area (Å²) in [5, 5.41) is 41.4. The van der Waals surface area contributed by atoms with Crippen LogP contribution in [0.5, 0.6) is 11.5 Å². The van der Waals surface area contributed by atoms with Crippen LogP contribution in [0.4, 0.5) is 11.4 Å². The predicted molar refractivity (Wildman–Crippen MR) is 73.5 cm³/mol. The average Bonchev–Trinajstić information content (AvgIpc) is 2.45. The molecule has 1 aliphatic heterocycles. The molecule has 1 aliphatic rings. The van der Waals surface area contributed by atoms with Crippen molar-refractivity contribution in [3.8, 4) is 11.5 Å². The van der Waals surface area contributed by atoms with E-state index in [4.69, 9.17) is 14.9 Å². The van der Waals surface area contributed by atoms with E-state index in [-0.39, 0.29) is 11.5 Å². The molecule has 0 saturated carbocycles. The Hall–Kier alpha value is -2.94. The first kappa shape index (κ1) is 14.0. The second-order valence-corrected chi connectivity index (χ2v) is 4.59. The monoisotopic (exact) mass is 303 g/mol. The van der Waals surface area contributed by atoms with Crippen LogP contribution in [0.2, 0.25) is 0 Å². The molecular weight excluding hydrogens is 294 g/mol. The number of para-hydroxylation sites is 2. The van der Waals surface area contributed by atoms with Gasteiger partial charge in [-0.25, -0.2) is 14.8 Å². The van der Waals surface area contributed by atoms with Gasteiger partial charge in [-0.2, -0.15) is 0 Å². The largest absolute Gasteiger partial charge is 0.588 e. The third kappa shape index (κ3) is 1.83. The minimum absolute atomic E-state index is 0.146. The van der Waals surface area contributed by atoms with Crippen LogP contribution in [0.15, 0.2) is 36.4 Å². The summed E-state index contributed by atoms with van der Waals surface area (Å²) in [7, 11) is 0. The lowest BCUT2D eigenvalue weighted by Gasteiger charge is -2.38. The molecule has 1 heterocycles. The number of quaternary nitrogens is 1. The lowest BCUT2D eigenvalue weighted by molar-refractivity contribution is 0.0163. The second kappa shape index (κ2) is 4.53. The maximum absolute atomic E-state index is 12.7. The number of nitrogens with zero attached hydrogens (tertiary/aromatic N) is 1. The van der Waals surface area contributed by atoms with Crippen LogP contribution < -0.4 is 9.55 Å². The van der Waals surface area contributed by atoms with E-state index < -0.39 is 39.2 Å².